The molecule has 1 aliphatic heterocycles. The lowest BCUT2D eigenvalue weighted by atomic mass is 9.86. The Morgan fingerprint density at radius 3 is 2.79 bits per heavy atom. The quantitative estimate of drug-likeness (QED) is 0.847. The van der Waals surface area contributed by atoms with E-state index in [1.807, 2.05) is 28.5 Å². The second-order valence-electron chi connectivity index (χ2n) is 8.97. The lowest BCUT2D eigenvalue weighted by Crippen LogP contribution is -2.66. The molecule has 6 nitrogen and oxygen atoms in total. The fourth-order valence-electron chi connectivity index (χ4n) is 4.81. The Kier molecular flexibility index (Phi) is 4.98. The van der Waals surface area contributed by atoms with Crippen molar-refractivity contribution in [1.82, 2.24) is 14.8 Å². The summed E-state index contributed by atoms with van der Waals surface area (Å²) in [6.45, 7) is 7.32. The minimum absolute atomic E-state index is 0.0499. The first kappa shape index (κ1) is 19.1. The van der Waals surface area contributed by atoms with E-state index in [9.17, 15) is 9.59 Å². The van der Waals surface area contributed by atoms with Crippen LogP contribution in [0.25, 0.3) is 11.1 Å². The van der Waals surface area contributed by atoms with E-state index in [1.165, 1.54) is 6.42 Å². The second kappa shape index (κ2) is 7.30. The van der Waals surface area contributed by atoms with E-state index in [0.717, 1.165) is 37.6 Å². The van der Waals surface area contributed by atoms with Gasteiger partial charge >= 0.3 is 0 Å². The number of aromatic nitrogens is 1. The number of amides is 2. The highest BCUT2D eigenvalue weighted by atomic mass is 16.3. The van der Waals surface area contributed by atoms with Crippen LogP contribution in [0.15, 0.2) is 22.8 Å². The minimum atomic E-state index is -0.897. The van der Waals surface area contributed by atoms with Gasteiger partial charge in [0.1, 0.15) is 11.2 Å². The number of furan rings is 1. The Morgan fingerprint density at radius 1 is 1.32 bits per heavy atom. The predicted octanol–water partition coefficient (Wildman–Crippen LogP) is 3.94. The van der Waals surface area contributed by atoms with E-state index in [1.54, 1.807) is 6.26 Å². The third kappa shape index (κ3) is 3.12. The van der Waals surface area contributed by atoms with Crippen LogP contribution in [0, 0.1) is 5.92 Å². The molecule has 4 rings (SSSR count). The van der Waals surface area contributed by atoms with E-state index in [-0.39, 0.29) is 17.9 Å². The number of carbonyl (C=O) groups is 2. The highest BCUT2D eigenvalue weighted by Gasteiger charge is 2.50. The molecule has 2 aromatic heterocycles. The number of hydrogen-bond acceptors (Lipinski definition) is 3. The molecular formula is C22H31N3O3. The molecule has 1 fully saturated rings. The fraction of sp³-hybridized carbons (Fsp3) is 0.636. The van der Waals surface area contributed by atoms with Crippen LogP contribution < -0.4 is 5.32 Å². The molecule has 1 atom stereocenters. The van der Waals surface area contributed by atoms with Crippen LogP contribution in [0.3, 0.4) is 0 Å². The average Bonchev–Trinajstić information content (AvgIpc) is 3.24. The standard InChI is InChI=1S/C22H31N3O3/c1-15(2)9-11-23-21(27)22(3)14-24-17-10-12-28-19(17)13-18(24)20(26)25(22)16-7-5-4-6-8-16/h10,12-13,15-16H,4-9,11,14H2,1-3H3,(H,23,27). The topological polar surface area (TPSA) is 67.5 Å². The van der Waals surface area contributed by atoms with E-state index in [2.05, 4.69) is 19.2 Å². The van der Waals surface area contributed by atoms with Crippen molar-refractivity contribution < 1.29 is 14.0 Å². The SMILES string of the molecule is CC(C)CCNC(=O)C1(C)Cn2c(cc3occc32)C(=O)N1C1CCCCC1. The maximum Gasteiger partial charge on any atom is 0.271 e. The Labute approximate surface area is 166 Å². The zero-order valence-electron chi connectivity index (χ0n) is 17.2. The highest BCUT2D eigenvalue weighted by molar-refractivity contribution is 6.03. The highest BCUT2D eigenvalue weighted by Crippen LogP contribution is 2.37. The van der Waals surface area contributed by atoms with E-state index in [0.29, 0.717) is 30.3 Å². The molecule has 152 valence electrons. The minimum Gasteiger partial charge on any atom is -0.463 e. The van der Waals surface area contributed by atoms with Gasteiger partial charge in [0, 0.05) is 24.7 Å². The number of hydrogen-bond donors (Lipinski definition) is 1. The first-order valence-corrected chi connectivity index (χ1v) is 10.6. The van der Waals surface area contributed by atoms with Crippen LogP contribution in [0.1, 0.15) is 69.8 Å². The van der Waals surface area contributed by atoms with Crippen LogP contribution in [0.4, 0.5) is 0 Å². The summed E-state index contributed by atoms with van der Waals surface area (Å²) >= 11 is 0. The largest absolute Gasteiger partial charge is 0.463 e. The van der Waals surface area contributed by atoms with Gasteiger partial charge in [-0.3, -0.25) is 9.59 Å². The first-order chi connectivity index (χ1) is 13.4. The number of fused-ring (bicyclic) bond motifs is 3. The van der Waals surface area contributed by atoms with Crippen LogP contribution in [0.5, 0.6) is 0 Å². The summed E-state index contributed by atoms with van der Waals surface area (Å²) in [4.78, 5) is 28.8. The monoisotopic (exact) mass is 385 g/mol. The molecule has 1 aliphatic carbocycles. The van der Waals surface area contributed by atoms with Gasteiger partial charge < -0.3 is 19.2 Å². The predicted molar refractivity (Wildman–Crippen MR) is 108 cm³/mol. The third-order valence-corrected chi connectivity index (χ3v) is 6.39. The van der Waals surface area contributed by atoms with Gasteiger partial charge in [0.25, 0.3) is 5.91 Å². The van der Waals surface area contributed by atoms with Gasteiger partial charge in [-0.25, -0.2) is 0 Å². The molecule has 1 saturated carbocycles. The summed E-state index contributed by atoms with van der Waals surface area (Å²) in [6.07, 6.45) is 7.94. The fourth-order valence-corrected chi connectivity index (χ4v) is 4.81. The summed E-state index contributed by atoms with van der Waals surface area (Å²) < 4.78 is 7.49. The lowest BCUT2D eigenvalue weighted by Gasteiger charge is -2.48. The molecular weight excluding hydrogens is 354 g/mol. The van der Waals surface area contributed by atoms with Gasteiger partial charge in [0.05, 0.1) is 18.3 Å². The van der Waals surface area contributed by atoms with Gasteiger partial charge in [-0.1, -0.05) is 33.1 Å². The van der Waals surface area contributed by atoms with Crippen molar-refractivity contribution in [2.75, 3.05) is 6.54 Å². The van der Waals surface area contributed by atoms with Crippen molar-refractivity contribution in [1.29, 1.82) is 0 Å². The van der Waals surface area contributed by atoms with Crippen molar-refractivity contribution in [3.63, 3.8) is 0 Å². The Morgan fingerprint density at radius 2 is 2.07 bits per heavy atom. The number of rotatable bonds is 5. The molecule has 3 heterocycles. The Hall–Kier alpha value is -2.24. The van der Waals surface area contributed by atoms with Gasteiger partial charge in [-0.05, 0) is 32.1 Å². The molecule has 0 spiro atoms. The molecule has 1 unspecified atom stereocenters. The van der Waals surface area contributed by atoms with Crippen molar-refractivity contribution in [3.8, 4) is 0 Å². The van der Waals surface area contributed by atoms with Crippen LogP contribution in [-0.4, -0.2) is 39.4 Å². The summed E-state index contributed by atoms with van der Waals surface area (Å²) in [6, 6.07) is 3.82. The maximum absolute atomic E-state index is 13.6. The van der Waals surface area contributed by atoms with Crippen molar-refractivity contribution >= 4 is 22.9 Å². The van der Waals surface area contributed by atoms with Crippen molar-refractivity contribution in [2.45, 2.75) is 77.4 Å². The number of nitrogens with zero attached hydrogens (tertiary/aromatic N) is 2. The van der Waals surface area contributed by atoms with Gasteiger partial charge in [0.2, 0.25) is 5.91 Å². The van der Waals surface area contributed by atoms with E-state index in [4.69, 9.17) is 4.42 Å². The maximum atomic E-state index is 13.6. The average molecular weight is 386 g/mol. The molecule has 0 radical (unpaired) electrons. The molecule has 0 aromatic carbocycles. The summed E-state index contributed by atoms with van der Waals surface area (Å²) in [5.41, 5.74) is 1.32. The van der Waals surface area contributed by atoms with Gasteiger partial charge in [0.15, 0.2) is 5.58 Å². The normalized spacial score (nSPS) is 23.4. The molecule has 2 amide bonds. The Bertz CT molecular complexity index is 875. The number of carbonyl (C=O) groups excluding carboxylic acids is 2. The van der Waals surface area contributed by atoms with Gasteiger partial charge in [-0.15, -0.1) is 0 Å². The molecule has 0 bridgehead atoms. The van der Waals surface area contributed by atoms with Crippen LogP contribution in [0.2, 0.25) is 0 Å². The molecule has 2 aliphatic rings. The van der Waals surface area contributed by atoms with Crippen molar-refractivity contribution in [2.24, 2.45) is 5.92 Å². The summed E-state index contributed by atoms with van der Waals surface area (Å²) in [5, 5.41) is 3.11. The van der Waals surface area contributed by atoms with E-state index >= 15 is 0 Å². The van der Waals surface area contributed by atoms with Crippen LogP contribution >= 0.6 is 0 Å². The number of nitrogens with one attached hydrogen (secondary N) is 1. The van der Waals surface area contributed by atoms with Crippen LogP contribution in [-0.2, 0) is 11.3 Å². The Balaban J connectivity index is 1.71. The molecule has 2 aromatic rings. The summed E-state index contributed by atoms with van der Waals surface area (Å²) in [7, 11) is 0. The zero-order chi connectivity index (χ0) is 19.9. The molecule has 6 heteroatoms. The third-order valence-electron chi connectivity index (χ3n) is 6.39. The zero-order valence-corrected chi connectivity index (χ0v) is 17.2. The molecule has 28 heavy (non-hydrogen) atoms. The smallest absolute Gasteiger partial charge is 0.271 e. The van der Waals surface area contributed by atoms with E-state index < -0.39 is 5.54 Å². The molecule has 0 saturated heterocycles. The van der Waals surface area contributed by atoms with Gasteiger partial charge in [-0.2, -0.15) is 0 Å². The lowest BCUT2D eigenvalue weighted by molar-refractivity contribution is -0.134. The molecule has 1 N–H and O–H groups in total. The summed E-state index contributed by atoms with van der Waals surface area (Å²) in [5.74, 6) is 0.422. The van der Waals surface area contributed by atoms with Crippen molar-refractivity contribution in [3.05, 3.63) is 24.1 Å². The first-order valence-electron chi connectivity index (χ1n) is 10.6. The second-order valence-corrected chi connectivity index (χ2v) is 8.97.